The van der Waals surface area contributed by atoms with Gasteiger partial charge in [0.25, 0.3) is 0 Å². The molecule has 18 heavy (non-hydrogen) atoms. The molecule has 1 aliphatic heterocycles. The van der Waals surface area contributed by atoms with Crippen molar-refractivity contribution in [3.63, 3.8) is 0 Å². The normalized spacial score (nSPS) is 22.2. The Balaban J connectivity index is 1.96. The third-order valence-electron chi connectivity index (χ3n) is 3.03. The first-order valence-corrected chi connectivity index (χ1v) is 6.85. The van der Waals surface area contributed by atoms with Crippen LogP contribution in [0.4, 0.5) is 5.69 Å². The van der Waals surface area contributed by atoms with Gasteiger partial charge in [0.05, 0.1) is 11.4 Å². The molecule has 1 aliphatic rings. The minimum atomic E-state index is 0.755. The van der Waals surface area contributed by atoms with Crippen molar-refractivity contribution in [2.45, 2.75) is 4.90 Å². The number of rotatable bonds is 3. The number of benzene rings is 2. The highest BCUT2D eigenvalue weighted by atomic mass is 32.2. The Kier molecular flexibility index (Phi) is 3.17. The van der Waals surface area contributed by atoms with Gasteiger partial charge >= 0.3 is 0 Å². The fourth-order valence-electron chi connectivity index (χ4n) is 2.12. The Labute approximate surface area is 112 Å². The molecule has 1 heterocycles. The second-order valence-corrected chi connectivity index (χ2v) is 5.59. The maximum absolute atomic E-state index is 4.44. The smallest absolute Gasteiger partial charge is 0.202 e. The van der Waals surface area contributed by atoms with E-state index in [1.165, 1.54) is 10.6 Å². The fourth-order valence-corrected chi connectivity index (χ4v) is 3.29. The number of para-hydroxylation sites is 1. The molecular formula is C15H15N2S+. The van der Waals surface area contributed by atoms with Crippen LogP contribution in [0.25, 0.3) is 0 Å². The molecule has 90 valence electrons. The minimum absolute atomic E-state index is 0.755. The van der Waals surface area contributed by atoms with Gasteiger partial charge in [0, 0.05) is 12.1 Å². The van der Waals surface area contributed by atoms with Gasteiger partial charge in [-0.25, -0.2) is 4.99 Å². The van der Waals surface area contributed by atoms with E-state index >= 15 is 0 Å². The first-order valence-electron chi connectivity index (χ1n) is 6.08. The predicted molar refractivity (Wildman–Crippen MR) is 78.8 cm³/mol. The van der Waals surface area contributed by atoms with Crippen LogP contribution in [0.1, 0.15) is 0 Å². The molecule has 0 bridgehead atoms. The lowest BCUT2D eigenvalue weighted by molar-refractivity contribution is 0.712. The monoisotopic (exact) mass is 255 g/mol. The van der Waals surface area contributed by atoms with E-state index in [1.54, 1.807) is 0 Å². The summed E-state index contributed by atoms with van der Waals surface area (Å²) in [7, 11) is 0. The first kappa shape index (κ1) is 11.5. The molecule has 2 nitrogen and oxygen atoms in total. The summed E-state index contributed by atoms with van der Waals surface area (Å²) in [6.07, 6.45) is 2.06. The van der Waals surface area contributed by atoms with Gasteiger partial charge in [-0.2, -0.15) is 3.89 Å². The first-order chi connectivity index (χ1) is 8.89. The SMILES string of the molecule is C1=NCC[N+]1(Sc1ccccc1)c1ccccc1. The highest BCUT2D eigenvalue weighted by Gasteiger charge is 2.34. The van der Waals surface area contributed by atoms with Crippen LogP contribution < -0.4 is 3.89 Å². The van der Waals surface area contributed by atoms with Crippen molar-refractivity contribution in [2.24, 2.45) is 4.99 Å². The van der Waals surface area contributed by atoms with Crippen LogP contribution in [-0.2, 0) is 0 Å². The zero-order chi connectivity index (χ0) is 12.3. The van der Waals surface area contributed by atoms with Crippen LogP contribution in [0.2, 0.25) is 0 Å². The summed E-state index contributed by atoms with van der Waals surface area (Å²) in [6, 6.07) is 21.1. The van der Waals surface area contributed by atoms with E-state index in [-0.39, 0.29) is 0 Å². The molecule has 1 atom stereocenters. The molecule has 0 amide bonds. The third-order valence-corrected chi connectivity index (χ3v) is 4.33. The second kappa shape index (κ2) is 4.96. The van der Waals surface area contributed by atoms with Gasteiger partial charge in [0.2, 0.25) is 6.34 Å². The molecule has 0 saturated heterocycles. The lowest BCUT2D eigenvalue weighted by Crippen LogP contribution is -2.38. The lowest BCUT2D eigenvalue weighted by Gasteiger charge is -2.26. The van der Waals surface area contributed by atoms with Gasteiger partial charge in [-0.05, 0) is 12.1 Å². The highest BCUT2D eigenvalue weighted by Crippen LogP contribution is 2.37. The predicted octanol–water partition coefficient (Wildman–Crippen LogP) is 3.74. The summed E-state index contributed by atoms with van der Waals surface area (Å²) in [5, 5.41) is 0. The Hall–Kier alpha value is -1.58. The Morgan fingerprint density at radius 3 is 2.17 bits per heavy atom. The molecular weight excluding hydrogens is 240 g/mol. The Morgan fingerprint density at radius 2 is 1.56 bits per heavy atom. The molecule has 0 saturated carbocycles. The summed E-state index contributed by atoms with van der Waals surface area (Å²) >= 11 is 1.84. The van der Waals surface area contributed by atoms with Crippen molar-refractivity contribution in [1.82, 2.24) is 3.89 Å². The molecule has 3 heteroatoms. The molecule has 0 aromatic heterocycles. The average Bonchev–Trinajstić information content (AvgIpc) is 2.91. The molecule has 2 aromatic carbocycles. The molecule has 3 rings (SSSR count). The maximum Gasteiger partial charge on any atom is 0.202 e. The highest BCUT2D eigenvalue weighted by molar-refractivity contribution is 7.99. The largest absolute Gasteiger partial charge is 0.234 e. The quantitative estimate of drug-likeness (QED) is 0.601. The molecule has 0 spiro atoms. The van der Waals surface area contributed by atoms with Crippen molar-refractivity contribution < 1.29 is 0 Å². The van der Waals surface area contributed by atoms with E-state index < -0.39 is 0 Å². The third kappa shape index (κ3) is 2.19. The van der Waals surface area contributed by atoms with Crippen molar-refractivity contribution >= 4 is 24.0 Å². The van der Waals surface area contributed by atoms with Crippen molar-refractivity contribution in [2.75, 3.05) is 13.1 Å². The zero-order valence-corrected chi connectivity index (χ0v) is 10.9. The Morgan fingerprint density at radius 1 is 0.889 bits per heavy atom. The summed E-state index contributed by atoms with van der Waals surface area (Å²) in [4.78, 5) is 5.71. The van der Waals surface area contributed by atoms with E-state index in [9.17, 15) is 0 Å². The molecule has 2 aromatic rings. The number of quaternary nitrogens is 1. The van der Waals surface area contributed by atoms with Gasteiger partial charge in [0.1, 0.15) is 18.5 Å². The minimum Gasteiger partial charge on any atom is -0.234 e. The van der Waals surface area contributed by atoms with Crippen LogP contribution in [0.3, 0.4) is 0 Å². The Bertz CT molecular complexity index is 539. The van der Waals surface area contributed by atoms with Crippen LogP contribution in [0.5, 0.6) is 0 Å². The number of hydrogen-bond donors (Lipinski definition) is 0. The number of hydrogen-bond acceptors (Lipinski definition) is 2. The van der Waals surface area contributed by atoms with Gasteiger partial charge in [0.15, 0.2) is 5.69 Å². The summed E-state index contributed by atoms with van der Waals surface area (Å²) in [5.74, 6) is 0. The van der Waals surface area contributed by atoms with E-state index in [0.29, 0.717) is 0 Å². The van der Waals surface area contributed by atoms with E-state index in [2.05, 4.69) is 72.0 Å². The average molecular weight is 255 g/mol. The van der Waals surface area contributed by atoms with Crippen LogP contribution in [0, 0.1) is 0 Å². The standard InChI is InChI=1S/C15H15N2S/c1-3-7-14(8-4-1)17(12-11-16-13-17)18-15-9-5-2-6-10-15/h1-10,13H,11-12H2/q+1. The summed E-state index contributed by atoms with van der Waals surface area (Å²) < 4.78 is 0.755. The van der Waals surface area contributed by atoms with Gasteiger partial charge < -0.3 is 0 Å². The lowest BCUT2D eigenvalue weighted by atomic mass is 10.3. The summed E-state index contributed by atoms with van der Waals surface area (Å²) in [5.41, 5.74) is 1.28. The van der Waals surface area contributed by atoms with E-state index in [0.717, 1.165) is 17.0 Å². The van der Waals surface area contributed by atoms with Crippen LogP contribution in [0.15, 0.2) is 70.6 Å². The maximum atomic E-state index is 4.44. The van der Waals surface area contributed by atoms with Crippen LogP contribution >= 0.6 is 11.9 Å². The summed E-state index contributed by atoms with van der Waals surface area (Å²) in [6.45, 7) is 1.91. The van der Waals surface area contributed by atoms with E-state index in [4.69, 9.17) is 0 Å². The van der Waals surface area contributed by atoms with E-state index in [1.807, 2.05) is 11.9 Å². The van der Waals surface area contributed by atoms with Crippen molar-refractivity contribution in [1.29, 1.82) is 0 Å². The van der Waals surface area contributed by atoms with Crippen molar-refractivity contribution in [3.05, 3.63) is 60.7 Å². The molecule has 0 N–H and O–H groups in total. The van der Waals surface area contributed by atoms with Gasteiger partial charge in [-0.3, -0.25) is 0 Å². The topological polar surface area (TPSA) is 12.4 Å². The van der Waals surface area contributed by atoms with Gasteiger partial charge in [-0.1, -0.05) is 36.4 Å². The molecule has 0 fully saturated rings. The molecule has 0 aliphatic carbocycles. The number of aliphatic imine (C=N–C) groups is 1. The number of nitrogens with zero attached hydrogens (tertiary/aromatic N) is 2. The van der Waals surface area contributed by atoms with Gasteiger partial charge in [-0.15, -0.1) is 0 Å². The van der Waals surface area contributed by atoms with Crippen molar-refractivity contribution in [3.8, 4) is 0 Å². The van der Waals surface area contributed by atoms with Crippen LogP contribution in [-0.4, -0.2) is 19.4 Å². The zero-order valence-electron chi connectivity index (χ0n) is 10.1. The molecule has 1 unspecified atom stereocenters. The molecule has 0 radical (unpaired) electrons. The fraction of sp³-hybridized carbons (Fsp3) is 0.133. The second-order valence-electron chi connectivity index (χ2n) is 4.28.